The highest BCUT2D eigenvalue weighted by molar-refractivity contribution is 7.82. The molecule has 1 aliphatic rings. The van der Waals surface area contributed by atoms with E-state index in [-0.39, 0.29) is 0 Å². The lowest BCUT2D eigenvalue weighted by atomic mass is 10.2. The number of nitrogens with one attached hydrogen (secondary N) is 1. The first-order valence-electron chi connectivity index (χ1n) is 3.22. The van der Waals surface area contributed by atoms with Crippen LogP contribution in [0.5, 0.6) is 0 Å². The Morgan fingerprint density at radius 1 is 1.55 bits per heavy atom. The van der Waals surface area contributed by atoms with Crippen LogP contribution in [0, 0.1) is 0 Å². The molecule has 0 spiro atoms. The van der Waals surface area contributed by atoms with E-state index in [0.717, 1.165) is 9.91 Å². The van der Waals surface area contributed by atoms with Gasteiger partial charge in [0.15, 0.2) is 0 Å². The van der Waals surface area contributed by atoms with E-state index in [1.54, 1.807) is 11.3 Å². The largest absolute Gasteiger partial charge is 0.362 e. The average Bonchev–Trinajstić information content (AvgIpc) is 2.31. The van der Waals surface area contributed by atoms with Gasteiger partial charge in [0, 0.05) is 22.3 Å². The van der Waals surface area contributed by atoms with Crippen LogP contribution in [-0.2, 0) is 0 Å². The number of rotatable bonds is 0. The second-order valence-electron chi connectivity index (χ2n) is 2.32. The molecule has 0 unspecified atom stereocenters. The Morgan fingerprint density at radius 2 is 2.36 bits per heavy atom. The van der Waals surface area contributed by atoms with Crippen LogP contribution in [0.25, 0.3) is 11.8 Å². The minimum atomic E-state index is 0.957. The standard InChI is InChI=1S/C8H7NS2/c1-5-6-4-8(10)11-7(6)2-3-9-5/h2-4,9-10H,1H2. The average molecular weight is 181 g/mol. The van der Waals surface area contributed by atoms with Crippen molar-refractivity contribution in [2.24, 2.45) is 0 Å². The molecule has 11 heavy (non-hydrogen) atoms. The molecule has 0 fully saturated rings. The molecule has 0 radical (unpaired) electrons. The van der Waals surface area contributed by atoms with Crippen molar-refractivity contribution in [3.63, 3.8) is 0 Å². The quantitative estimate of drug-likeness (QED) is 0.586. The van der Waals surface area contributed by atoms with E-state index in [9.17, 15) is 0 Å². The Morgan fingerprint density at radius 3 is 3.09 bits per heavy atom. The zero-order valence-electron chi connectivity index (χ0n) is 5.79. The highest BCUT2D eigenvalue weighted by Gasteiger charge is 2.10. The first-order valence-corrected chi connectivity index (χ1v) is 4.49. The van der Waals surface area contributed by atoms with Crippen molar-refractivity contribution < 1.29 is 0 Å². The predicted molar refractivity (Wildman–Crippen MR) is 52.8 cm³/mol. The van der Waals surface area contributed by atoms with Gasteiger partial charge in [-0.2, -0.15) is 0 Å². The van der Waals surface area contributed by atoms with Crippen LogP contribution in [0.1, 0.15) is 10.4 Å². The summed E-state index contributed by atoms with van der Waals surface area (Å²) in [7, 11) is 0. The summed E-state index contributed by atoms with van der Waals surface area (Å²) < 4.78 is 1.03. The lowest BCUT2D eigenvalue weighted by Crippen LogP contribution is -2.05. The number of hydrogen-bond donors (Lipinski definition) is 2. The highest BCUT2D eigenvalue weighted by Crippen LogP contribution is 2.31. The van der Waals surface area contributed by atoms with Crippen molar-refractivity contribution >= 4 is 35.7 Å². The molecule has 2 rings (SSSR count). The van der Waals surface area contributed by atoms with E-state index in [1.807, 2.05) is 18.3 Å². The van der Waals surface area contributed by atoms with Crippen molar-refractivity contribution in [1.82, 2.24) is 5.32 Å². The van der Waals surface area contributed by atoms with Gasteiger partial charge in [0.25, 0.3) is 0 Å². The van der Waals surface area contributed by atoms with Crippen LogP contribution in [0.3, 0.4) is 0 Å². The smallest absolute Gasteiger partial charge is 0.0581 e. The fourth-order valence-electron chi connectivity index (χ4n) is 1.05. The Labute approximate surface area is 74.9 Å². The summed E-state index contributed by atoms with van der Waals surface area (Å²) in [6.07, 6.45) is 3.93. The third kappa shape index (κ3) is 1.10. The van der Waals surface area contributed by atoms with Crippen molar-refractivity contribution in [3.8, 4) is 0 Å². The van der Waals surface area contributed by atoms with Gasteiger partial charge in [0.2, 0.25) is 0 Å². The van der Waals surface area contributed by atoms with Crippen molar-refractivity contribution in [1.29, 1.82) is 0 Å². The molecule has 2 heterocycles. The molecule has 0 amide bonds. The Hall–Kier alpha value is -0.670. The van der Waals surface area contributed by atoms with Crippen LogP contribution < -0.4 is 5.32 Å². The number of thiophene rings is 1. The minimum Gasteiger partial charge on any atom is -0.362 e. The molecule has 0 bridgehead atoms. The second-order valence-corrected chi connectivity index (χ2v) is 4.19. The van der Waals surface area contributed by atoms with E-state index < -0.39 is 0 Å². The van der Waals surface area contributed by atoms with Gasteiger partial charge in [-0.1, -0.05) is 6.58 Å². The van der Waals surface area contributed by atoms with E-state index in [2.05, 4.69) is 24.5 Å². The molecule has 1 aromatic heterocycles. The maximum atomic E-state index is 4.27. The maximum Gasteiger partial charge on any atom is 0.0581 e. The normalized spacial score (nSPS) is 14.5. The molecule has 3 heteroatoms. The molecule has 1 N–H and O–H groups in total. The molecular formula is C8H7NS2. The zero-order chi connectivity index (χ0) is 7.84. The number of thiol groups is 1. The third-order valence-corrected chi connectivity index (χ3v) is 2.87. The summed E-state index contributed by atoms with van der Waals surface area (Å²) >= 11 is 5.94. The van der Waals surface area contributed by atoms with Crippen LogP contribution >= 0.6 is 24.0 Å². The second kappa shape index (κ2) is 2.43. The van der Waals surface area contributed by atoms with Gasteiger partial charge in [-0.25, -0.2) is 0 Å². The Bertz CT molecular complexity index is 336. The summed E-state index contributed by atoms with van der Waals surface area (Å²) in [5.74, 6) is 0. The summed E-state index contributed by atoms with van der Waals surface area (Å²) in [4.78, 5) is 1.23. The molecule has 0 saturated heterocycles. The molecule has 0 saturated carbocycles. The minimum absolute atomic E-state index is 0.957. The van der Waals surface area contributed by atoms with Crippen molar-refractivity contribution in [2.75, 3.05) is 0 Å². The number of fused-ring (bicyclic) bond motifs is 1. The molecule has 0 aromatic carbocycles. The van der Waals surface area contributed by atoms with E-state index in [4.69, 9.17) is 0 Å². The molecule has 0 aliphatic carbocycles. The van der Waals surface area contributed by atoms with Gasteiger partial charge < -0.3 is 5.32 Å². The summed E-state index contributed by atoms with van der Waals surface area (Å²) in [6.45, 7) is 3.88. The van der Waals surface area contributed by atoms with Gasteiger partial charge in [-0.3, -0.25) is 0 Å². The van der Waals surface area contributed by atoms with E-state index in [1.165, 1.54) is 10.4 Å². The van der Waals surface area contributed by atoms with Gasteiger partial charge in [0.1, 0.15) is 0 Å². The number of hydrogen-bond acceptors (Lipinski definition) is 3. The molecule has 1 aliphatic heterocycles. The summed E-state index contributed by atoms with van der Waals surface area (Å²) in [6, 6.07) is 2.03. The van der Waals surface area contributed by atoms with Crippen molar-refractivity contribution in [2.45, 2.75) is 4.21 Å². The molecular weight excluding hydrogens is 174 g/mol. The SMILES string of the molecule is C=C1NC=Cc2sc(S)cc21. The van der Waals surface area contributed by atoms with Gasteiger partial charge in [-0.05, 0) is 12.1 Å². The lowest BCUT2D eigenvalue weighted by Gasteiger charge is -2.08. The lowest BCUT2D eigenvalue weighted by molar-refractivity contribution is 1.22. The van der Waals surface area contributed by atoms with Crippen molar-refractivity contribution in [3.05, 3.63) is 29.3 Å². The summed E-state index contributed by atoms with van der Waals surface area (Å²) in [5, 5.41) is 3.05. The first kappa shape index (κ1) is 7.00. The van der Waals surface area contributed by atoms with Crippen LogP contribution in [-0.4, -0.2) is 0 Å². The monoisotopic (exact) mass is 181 g/mol. The van der Waals surface area contributed by atoms with Crippen LogP contribution in [0.2, 0.25) is 0 Å². The summed E-state index contributed by atoms with van der Waals surface area (Å²) in [5.41, 5.74) is 2.13. The first-order chi connectivity index (χ1) is 5.27. The molecule has 56 valence electrons. The molecule has 0 atom stereocenters. The maximum absolute atomic E-state index is 4.27. The van der Waals surface area contributed by atoms with E-state index >= 15 is 0 Å². The Balaban J connectivity index is 2.62. The van der Waals surface area contributed by atoms with Gasteiger partial charge in [0.05, 0.1) is 4.21 Å². The van der Waals surface area contributed by atoms with Gasteiger partial charge in [-0.15, -0.1) is 24.0 Å². The highest BCUT2D eigenvalue weighted by atomic mass is 32.2. The van der Waals surface area contributed by atoms with Gasteiger partial charge >= 0.3 is 0 Å². The predicted octanol–water partition coefficient (Wildman–Crippen LogP) is 2.58. The Kier molecular flexibility index (Phi) is 1.55. The third-order valence-electron chi connectivity index (χ3n) is 1.57. The van der Waals surface area contributed by atoms with E-state index in [0.29, 0.717) is 0 Å². The molecule has 1 aromatic rings. The fraction of sp³-hybridized carbons (Fsp3) is 0. The van der Waals surface area contributed by atoms with Crippen LogP contribution in [0.4, 0.5) is 0 Å². The fourth-order valence-corrected chi connectivity index (χ4v) is 2.30. The zero-order valence-corrected chi connectivity index (χ0v) is 7.51. The molecule has 1 nitrogen and oxygen atoms in total. The topological polar surface area (TPSA) is 12.0 Å². The van der Waals surface area contributed by atoms with Crippen LogP contribution in [0.15, 0.2) is 23.1 Å².